The SMILES string of the molecule is O=C(O)CSc1nc(-c2ccc(F)cc2)cc(C(F)(F)F)n1. The molecule has 0 bridgehead atoms. The van der Waals surface area contributed by atoms with Crippen molar-refractivity contribution in [3.63, 3.8) is 0 Å². The van der Waals surface area contributed by atoms with Gasteiger partial charge in [0.25, 0.3) is 0 Å². The van der Waals surface area contributed by atoms with Gasteiger partial charge in [0.1, 0.15) is 11.5 Å². The van der Waals surface area contributed by atoms with Crippen LogP contribution in [-0.2, 0) is 11.0 Å². The van der Waals surface area contributed by atoms with Crippen LogP contribution >= 0.6 is 11.8 Å². The number of benzene rings is 1. The molecule has 0 aliphatic carbocycles. The molecule has 0 aliphatic rings. The standard InChI is InChI=1S/C13H8F4N2O2S/c14-8-3-1-7(2-4-8)9-5-10(13(15,16)17)19-12(18-9)22-6-11(20)21/h1-5H,6H2,(H,20,21). The molecule has 2 aromatic rings. The molecule has 0 saturated heterocycles. The summed E-state index contributed by atoms with van der Waals surface area (Å²) in [6.07, 6.45) is -4.70. The van der Waals surface area contributed by atoms with Crippen molar-refractivity contribution >= 4 is 17.7 Å². The maximum absolute atomic E-state index is 12.9. The van der Waals surface area contributed by atoms with E-state index in [1.165, 1.54) is 12.1 Å². The number of aliphatic carboxylic acids is 1. The van der Waals surface area contributed by atoms with Crippen molar-refractivity contribution in [1.29, 1.82) is 0 Å². The summed E-state index contributed by atoms with van der Waals surface area (Å²) in [6, 6.07) is 5.48. The number of rotatable bonds is 4. The molecule has 1 aromatic heterocycles. The van der Waals surface area contributed by atoms with Crippen molar-refractivity contribution in [2.75, 3.05) is 5.75 Å². The highest BCUT2D eigenvalue weighted by atomic mass is 32.2. The van der Waals surface area contributed by atoms with E-state index in [0.29, 0.717) is 11.8 Å². The number of carboxylic acids is 1. The Labute approximate surface area is 126 Å². The van der Waals surface area contributed by atoms with E-state index in [0.717, 1.165) is 18.2 Å². The summed E-state index contributed by atoms with van der Waals surface area (Å²) in [5, 5.41) is 8.27. The predicted octanol–water partition coefficient (Wildman–Crippen LogP) is 3.48. The summed E-state index contributed by atoms with van der Waals surface area (Å²) in [4.78, 5) is 17.7. The molecule has 2 rings (SSSR count). The van der Waals surface area contributed by atoms with Gasteiger partial charge < -0.3 is 5.11 Å². The minimum Gasteiger partial charge on any atom is -0.481 e. The van der Waals surface area contributed by atoms with Crippen LogP contribution in [0, 0.1) is 5.82 Å². The number of halogens is 4. The third-order valence-corrected chi connectivity index (χ3v) is 3.29. The highest BCUT2D eigenvalue weighted by Gasteiger charge is 2.33. The average molecular weight is 332 g/mol. The van der Waals surface area contributed by atoms with Gasteiger partial charge in [0.2, 0.25) is 0 Å². The first-order valence-electron chi connectivity index (χ1n) is 5.82. The van der Waals surface area contributed by atoms with Gasteiger partial charge in [0.15, 0.2) is 5.16 Å². The van der Waals surface area contributed by atoms with Gasteiger partial charge in [-0.05, 0) is 30.3 Å². The molecule has 0 radical (unpaired) electrons. The maximum Gasteiger partial charge on any atom is 0.433 e. The molecule has 0 aliphatic heterocycles. The van der Waals surface area contributed by atoms with E-state index >= 15 is 0 Å². The molecule has 0 saturated carbocycles. The summed E-state index contributed by atoms with van der Waals surface area (Å²) in [5.41, 5.74) is -0.976. The number of alkyl halides is 3. The van der Waals surface area contributed by atoms with Gasteiger partial charge in [-0.1, -0.05) is 11.8 Å². The summed E-state index contributed by atoms with van der Waals surface area (Å²) >= 11 is 0.575. The second-order valence-corrected chi connectivity index (χ2v) is 5.05. The minimum absolute atomic E-state index is 0.0600. The lowest BCUT2D eigenvalue weighted by Gasteiger charge is -2.10. The van der Waals surface area contributed by atoms with Crippen LogP contribution in [0.4, 0.5) is 17.6 Å². The van der Waals surface area contributed by atoms with Crippen LogP contribution in [0.5, 0.6) is 0 Å². The summed E-state index contributed by atoms with van der Waals surface area (Å²) in [6.45, 7) is 0. The van der Waals surface area contributed by atoms with Crippen molar-refractivity contribution in [3.05, 3.63) is 41.8 Å². The third-order valence-electron chi connectivity index (χ3n) is 2.46. The topological polar surface area (TPSA) is 63.1 Å². The highest BCUT2D eigenvalue weighted by Crippen LogP contribution is 2.32. The molecule has 0 amide bonds. The zero-order valence-electron chi connectivity index (χ0n) is 10.8. The molecule has 1 heterocycles. The monoisotopic (exact) mass is 332 g/mol. The number of carboxylic acid groups (broad SMARTS) is 1. The van der Waals surface area contributed by atoms with Crippen molar-refractivity contribution in [2.45, 2.75) is 11.3 Å². The number of carbonyl (C=O) groups is 1. The van der Waals surface area contributed by atoms with Crippen molar-refractivity contribution in [2.24, 2.45) is 0 Å². The zero-order chi connectivity index (χ0) is 16.3. The maximum atomic E-state index is 12.9. The molecule has 4 nitrogen and oxygen atoms in total. The molecule has 22 heavy (non-hydrogen) atoms. The first-order chi connectivity index (χ1) is 10.3. The van der Waals surface area contributed by atoms with E-state index in [1.54, 1.807) is 0 Å². The number of aromatic nitrogens is 2. The van der Waals surface area contributed by atoms with E-state index in [9.17, 15) is 22.4 Å². The number of thioether (sulfide) groups is 1. The lowest BCUT2D eigenvalue weighted by Crippen LogP contribution is -2.10. The number of hydrogen-bond donors (Lipinski definition) is 1. The summed E-state index contributed by atoms with van der Waals surface area (Å²) in [7, 11) is 0. The molecule has 1 N–H and O–H groups in total. The Morgan fingerprint density at radius 2 is 1.82 bits per heavy atom. The quantitative estimate of drug-likeness (QED) is 0.528. The Kier molecular flexibility index (Phi) is 4.65. The lowest BCUT2D eigenvalue weighted by atomic mass is 10.1. The van der Waals surface area contributed by atoms with Crippen molar-refractivity contribution in [3.8, 4) is 11.3 Å². The predicted molar refractivity (Wildman–Crippen MR) is 70.8 cm³/mol. The number of hydrogen-bond acceptors (Lipinski definition) is 4. The van der Waals surface area contributed by atoms with Crippen LogP contribution in [0.25, 0.3) is 11.3 Å². The van der Waals surface area contributed by atoms with E-state index in [1.807, 2.05) is 0 Å². The fourth-order valence-electron chi connectivity index (χ4n) is 1.53. The van der Waals surface area contributed by atoms with Gasteiger partial charge in [0.05, 0.1) is 11.4 Å². The van der Waals surface area contributed by atoms with Crippen LogP contribution < -0.4 is 0 Å². The second-order valence-electron chi connectivity index (χ2n) is 4.11. The van der Waals surface area contributed by atoms with Crippen LogP contribution in [-0.4, -0.2) is 26.8 Å². The molecule has 0 fully saturated rings. The summed E-state index contributed by atoms with van der Waals surface area (Å²) < 4.78 is 51.4. The molecule has 0 atom stereocenters. The van der Waals surface area contributed by atoms with Crippen molar-refractivity contribution in [1.82, 2.24) is 9.97 Å². The molecule has 0 spiro atoms. The van der Waals surface area contributed by atoms with Crippen LogP contribution in [0.3, 0.4) is 0 Å². The van der Waals surface area contributed by atoms with Gasteiger partial charge in [-0.3, -0.25) is 4.79 Å². The summed E-state index contributed by atoms with van der Waals surface area (Å²) in [5.74, 6) is -2.20. The van der Waals surface area contributed by atoms with Gasteiger partial charge in [-0.15, -0.1) is 0 Å². The minimum atomic E-state index is -4.70. The Bertz CT molecular complexity index is 689. The number of nitrogens with zero attached hydrogens (tertiary/aromatic N) is 2. The first kappa shape index (κ1) is 16.2. The molecule has 0 unspecified atom stereocenters. The van der Waals surface area contributed by atoms with Crippen LogP contribution in [0.1, 0.15) is 5.69 Å². The highest BCUT2D eigenvalue weighted by molar-refractivity contribution is 7.99. The van der Waals surface area contributed by atoms with Crippen LogP contribution in [0.2, 0.25) is 0 Å². The van der Waals surface area contributed by atoms with Gasteiger partial charge in [-0.25, -0.2) is 14.4 Å². The third kappa shape index (κ3) is 4.17. The smallest absolute Gasteiger partial charge is 0.433 e. The average Bonchev–Trinajstić information content (AvgIpc) is 2.44. The molecular weight excluding hydrogens is 324 g/mol. The van der Waals surface area contributed by atoms with Crippen LogP contribution in [0.15, 0.2) is 35.5 Å². The Morgan fingerprint density at radius 1 is 1.18 bits per heavy atom. The van der Waals surface area contributed by atoms with Gasteiger partial charge in [-0.2, -0.15) is 13.2 Å². The van der Waals surface area contributed by atoms with Gasteiger partial charge in [0, 0.05) is 5.56 Å². The fraction of sp³-hybridized carbons (Fsp3) is 0.154. The second kappa shape index (κ2) is 6.30. The molecule has 1 aromatic carbocycles. The van der Waals surface area contributed by atoms with E-state index in [-0.39, 0.29) is 16.4 Å². The van der Waals surface area contributed by atoms with Gasteiger partial charge >= 0.3 is 12.1 Å². The normalized spacial score (nSPS) is 11.5. The van der Waals surface area contributed by atoms with E-state index in [4.69, 9.17) is 5.11 Å². The van der Waals surface area contributed by atoms with E-state index in [2.05, 4.69) is 9.97 Å². The van der Waals surface area contributed by atoms with Crippen molar-refractivity contribution < 1.29 is 27.5 Å². The Morgan fingerprint density at radius 3 is 2.36 bits per heavy atom. The zero-order valence-corrected chi connectivity index (χ0v) is 11.6. The lowest BCUT2D eigenvalue weighted by molar-refractivity contribution is -0.141. The Balaban J connectivity index is 2.45. The van der Waals surface area contributed by atoms with E-state index < -0.39 is 29.4 Å². The first-order valence-corrected chi connectivity index (χ1v) is 6.81. The molecule has 116 valence electrons. The molecule has 9 heteroatoms. The Hall–Kier alpha value is -2.16. The largest absolute Gasteiger partial charge is 0.481 e. The fourth-order valence-corrected chi connectivity index (χ4v) is 2.11. The molecular formula is C13H8F4N2O2S.